The summed E-state index contributed by atoms with van der Waals surface area (Å²) in [5.41, 5.74) is 3.74. The van der Waals surface area contributed by atoms with Crippen molar-refractivity contribution >= 4 is 17.3 Å². The Labute approximate surface area is 165 Å². The number of carbonyl (C=O) groups excluding carboxylic acids is 1. The second kappa shape index (κ2) is 7.02. The van der Waals surface area contributed by atoms with Crippen LogP contribution in [0.5, 0.6) is 0 Å². The van der Waals surface area contributed by atoms with Crippen LogP contribution in [0.4, 0.5) is 11.4 Å². The van der Waals surface area contributed by atoms with Crippen LogP contribution in [0.2, 0.25) is 0 Å². The summed E-state index contributed by atoms with van der Waals surface area (Å²) in [5, 5.41) is 22.4. The van der Waals surface area contributed by atoms with Crippen molar-refractivity contribution in [2.24, 2.45) is 11.8 Å². The Bertz CT molecular complexity index is 1010. The van der Waals surface area contributed by atoms with E-state index in [1.807, 2.05) is 35.2 Å². The molecule has 1 heterocycles. The number of nitrogens with one attached hydrogen (secondary N) is 1. The summed E-state index contributed by atoms with van der Waals surface area (Å²) in [5.74, 6) is 0.674. The van der Waals surface area contributed by atoms with E-state index in [9.17, 15) is 15.3 Å². The molecule has 5 nitrogen and oxygen atoms in total. The van der Waals surface area contributed by atoms with Gasteiger partial charge < -0.3 is 10.2 Å². The maximum Gasteiger partial charge on any atom is 0.224 e. The molecule has 5 heteroatoms. The fourth-order valence-electron chi connectivity index (χ4n) is 4.51. The standard InChI is InChI=1S/C23H22N4O/c1-14-22(26-20-6-4-3-5-18(20)13-25)19-11-16(12-24)7-10-21(19)27(15(2)28)23(14)17-8-9-17/h3-7,10-11,14,17,22-23,26H,8-9H2,1-2H3/t14-,22-,23-/m1/s1. The zero-order chi connectivity index (χ0) is 19.8. The van der Waals surface area contributed by atoms with Crippen molar-refractivity contribution in [3.63, 3.8) is 0 Å². The highest BCUT2D eigenvalue weighted by atomic mass is 16.2. The lowest BCUT2D eigenvalue weighted by Gasteiger charge is -2.46. The lowest BCUT2D eigenvalue weighted by Crippen LogP contribution is -2.51. The molecular formula is C23H22N4O. The van der Waals surface area contributed by atoms with E-state index in [-0.39, 0.29) is 23.9 Å². The normalized spacial score (nSPS) is 23.3. The molecule has 2 aliphatic rings. The molecule has 2 aromatic carbocycles. The second-order valence-electron chi connectivity index (χ2n) is 7.74. The van der Waals surface area contributed by atoms with Crippen LogP contribution in [0, 0.1) is 34.5 Å². The van der Waals surface area contributed by atoms with Crippen molar-refractivity contribution in [3.05, 3.63) is 59.2 Å². The van der Waals surface area contributed by atoms with Crippen LogP contribution in [0.1, 0.15) is 49.4 Å². The van der Waals surface area contributed by atoms with Crippen LogP contribution in [0.15, 0.2) is 42.5 Å². The van der Waals surface area contributed by atoms with Crippen LogP contribution in [0.3, 0.4) is 0 Å². The van der Waals surface area contributed by atoms with E-state index in [0.717, 1.165) is 29.8 Å². The zero-order valence-electron chi connectivity index (χ0n) is 16.0. The summed E-state index contributed by atoms with van der Waals surface area (Å²) in [6, 6.07) is 17.5. The summed E-state index contributed by atoms with van der Waals surface area (Å²) in [4.78, 5) is 14.5. The van der Waals surface area contributed by atoms with Crippen molar-refractivity contribution in [1.29, 1.82) is 10.5 Å². The molecule has 1 fully saturated rings. The maximum absolute atomic E-state index is 12.6. The first-order chi connectivity index (χ1) is 13.5. The number of carbonyl (C=O) groups is 1. The van der Waals surface area contributed by atoms with Crippen LogP contribution >= 0.6 is 0 Å². The fraction of sp³-hybridized carbons (Fsp3) is 0.348. The number of amides is 1. The molecule has 1 amide bonds. The molecule has 0 spiro atoms. The van der Waals surface area contributed by atoms with E-state index >= 15 is 0 Å². The van der Waals surface area contributed by atoms with Crippen molar-refractivity contribution < 1.29 is 4.79 Å². The first-order valence-electron chi connectivity index (χ1n) is 9.64. The lowest BCUT2D eigenvalue weighted by atomic mass is 9.79. The molecule has 4 rings (SSSR count). The van der Waals surface area contributed by atoms with Gasteiger partial charge in [-0.1, -0.05) is 19.1 Å². The number of nitriles is 2. The van der Waals surface area contributed by atoms with Gasteiger partial charge in [0.05, 0.1) is 28.9 Å². The summed E-state index contributed by atoms with van der Waals surface area (Å²) >= 11 is 0. The Morgan fingerprint density at radius 1 is 1.14 bits per heavy atom. The molecular weight excluding hydrogens is 348 g/mol. The number of anilines is 2. The molecule has 1 N–H and O–H groups in total. The number of benzene rings is 2. The minimum absolute atomic E-state index is 0.0329. The molecule has 2 aromatic rings. The zero-order valence-corrected chi connectivity index (χ0v) is 16.0. The largest absolute Gasteiger partial charge is 0.377 e. The molecule has 0 radical (unpaired) electrons. The number of hydrogen-bond donors (Lipinski definition) is 1. The summed E-state index contributed by atoms with van der Waals surface area (Å²) < 4.78 is 0. The summed E-state index contributed by atoms with van der Waals surface area (Å²) in [6.45, 7) is 3.77. The van der Waals surface area contributed by atoms with Gasteiger partial charge in [-0.3, -0.25) is 4.79 Å². The molecule has 1 saturated carbocycles. The predicted octanol–water partition coefficient (Wildman–Crippen LogP) is 4.36. The van der Waals surface area contributed by atoms with Crippen molar-refractivity contribution in [3.8, 4) is 12.1 Å². The van der Waals surface area contributed by atoms with Crippen LogP contribution in [0.25, 0.3) is 0 Å². The van der Waals surface area contributed by atoms with E-state index in [4.69, 9.17) is 0 Å². The molecule has 0 saturated heterocycles. The SMILES string of the molecule is CC(=O)N1c2ccc(C#N)cc2[C@H](Nc2ccccc2C#N)[C@@H](C)[C@@H]1C1CC1. The Hall–Kier alpha value is -3.31. The van der Waals surface area contributed by atoms with Gasteiger partial charge in [0.2, 0.25) is 5.91 Å². The molecule has 0 aromatic heterocycles. The minimum atomic E-state index is -0.0843. The number of rotatable bonds is 3. The Morgan fingerprint density at radius 2 is 1.89 bits per heavy atom. The third-order valence-electron chi connectivity index (χ3n) is 5.92. The highest BCUT2D eigenvalue weighted by Crippen LogP contribution is 2.50. The Balaban J connectivity index is 1.85. The second-order valence-corrected chi connectivity index (χ2v) is 7.74. The smallest absolute Gasteiger partial charge is 0.224 e. The Kier molecular flexibility index (Phi) is 4.53. The lowest BCUT2D eigenvalue weighted by molar-refractivity contribution is -0.117. The predicted molar refractivity (Wildman–Crippen MR) is 108 cm³/mol. The third kappa shape index (κ3) is 3.00. The average Bonchev–Trinajstić information content (AvgIpc) is 3.54. The van der Waals surface area contributed by atoms with Gasteiger partial charge in [-0.15, -0.1) is 0 Å². The van der Waals surface area contributed by atoms with Crippen LogP contribution in [-0.4, -0.2) is 11.9 Å². The van der Waals surface area contributed by atoms with Crippen LogP contribution in [-0.2, 0) is 4.79 Å². The van der Waals surface area contributed by atoms with E-state index < -0.39 is 0 Å². The van der Waals surface area contributed by atoms with Crippen molar-refractivity contribution in [2.75, 3.05) is 10.2 Å². The number of nitrogens with zero attached hydrogens (tertiary/aromatic N) is 3. The number of para-hydroxylation sites is 1. The first-order valence-corrected chi connectivity index (χ1v) is 9.64. The summed E-state index contributed by atoms with van der Waals surface area (Å²) in [6.07, 6.45) is 2.26. The molecule has 0 unspecified atom stereocenters. The van der Waals surface area contributed by atoms with Crippen LogP contribution < -0.4 is 10.2 Å². The minimum Gasteiger partial charge on any atom is -0.377 e. The quantitative estimate of drug-likeness (QED) is 0.870. The molecule has 140 valence electrons. The van der Waals surface area contributed by atoms with E-state index in [1.54, 1.807) is 19.1 Å². The van der Waals surface area contributed by atoms with Crippen molar-refractivity contribution in [1.82, 2.24) is 0 Å². The Morgan fingerprint density at radius 3 is 2.54 bits per heavy atom. The van der Waals surface area contributed by atoms with Gasteiger partial charge in [0.25, 0.3) is 0 Å². The highest BCUT2D eigenvalue weighted by molar-refractivity contribution is 5.94. The van der Waals surface area contributed by atoms with Crippen molar-refractivity contribution in [2.45, 2.75) is 38.8 Å². The molecule has 0 bridgehead atoms. The monoisotopic (exact) mass is 370 g/mol. The maximum atomic E-state index is 12.6. The molecule has 1 aliphatic heterocycles. The molecule has 28 heavy (non-hydrogen) atoms. The van der Waals surface area contributed by atoms with E-state index in [1.165, 1.54) is 0 Å². The van der Waals surface area contributed by atoms with Gasteiger partial charge in [-0.05, 0) is 54.7 Å². The van der Waals surface area contributed by atoms with E-state index in [2.05, 4.69) is 24.4 Å². The topological polar surface area (TPSA) is 79.9 Å². The van der Waals surface area contributed by atoms with Gasteiger partial charge in [0, 0.05) is 24.6 Å². The van der Waals surface area contributed by atoms with Gasteiger partial charge in [-0.2, -0.15) is 10.5 Å². The fourth-order valence-corrected chi connectivity index (χ4v) is 4.51. The molecule has 3 atom stereocenters. The number of hydrogen-bond acceptors (Lipinski definition) is 4. The summed E-state index contributed by atoms with van der Waals surface area (Å²) in [7, 11) is 0. The average molecular weight is 370 g/mol. The van der Waals surface area contributed by atoms with Gasteiger partial charge >= 0.3 is 0 Å². The van der Waals surface area contributed by atoms with E-state index in [0.29, 0.717) is 17.0 Å². The first kappa shape index (κ1) is 18.1. The highest BCUT2D eigenvalue weighted by Gasteiger charge is 2.47. The number of fused-ring (bicyclic) bond motifs is 1. The van der Waals surface area contributed by atoms with Gasteiger partial charge in [0.1, 0.15) is 6.07 Å². The molecule has 1 aliphatic carbocycles. The van der Waals surface area contributed by atoms with Gasteiger partial charge in [-0.25, -0.2) is 0 Å². The third-order valence-corrected chi connectivity index (χ3v) is 5.92. The van der Waals surface area contributed by atoms with Gasteiger partial charge in [0.15, 0.2) is 0 Å².